The minimum atomic E-state index is -0.702. The summed E-state index contributed by atoms with van der Waals surface area (Å²) in [5, 5.41) is 25.7. The molecule has 1 aliphatic heterocycles. The Kier molecular flexibility index (Phi) is 9.09. The molecule has 34 heavy (non-hydrogen) atoms. The molecule has 0 aliphatic carbocycles. The molecule has 0 radical (unpaired) electrons. The van der Waals surface area contributed by atoms with Crippen LogP contribution >= 0.6 is 24.4 Å². The van der Waals surface area contributed by atoms with E-state index in [0.29, 0.717) is 36.8 Å². The summed E-state index contributed by atoms with van der Waals surface area (Å²) in [7, 11) is 0. The first-order valence-corrected chi connectivity index (χ1v) is 11.8. The molecule has 0 bridgehead atoms. The Morgan fingerprint density at radius 1 is 1.26 bits per heavy atom. The van der Waals surface area contributed by atoms with E-state index in [2.05, 4.69) is 43.6 Å². The predicted octanol–water partition coefficient (Wildman–Crippen LogP) is 3.40. The molecule has 2 aromatic rings. The maximum atomic E-state index is 11.6. The van der Waals surface area contributed by atoms with Gasteiger partial charge in [-0.05, 0) is 81.1 Å². The van der Waals surface area contributed by atoms with Crippen molar-refractivity contribution in [3.63, 3.8) is 0 Å². The number of isothiocyanates is 1. The Hall–Kier alpha value is -2.88. The molecule has 1 atom stereocenters. The van der Waals surface area contributed by atoms with Crippen molar-refractivity contribution in [3.8, 4) is 5.75 Å². The molecule has 0 aromatic heterocycles. The number of aliphatic imine (C=N–C) groups is 1. The van der Waals surface area contributed by atoms with E-state index >= 15 is 0 Å². The summed E-state index contributed by atoms with van der Waals surface area (Å²) in [5.74, 6) is 0.699. The van der Waals surface area contributed by atoms with Gasteiger partial charge in [0.25, 0.3) is 0 Å². The minimum absolute atomic E-state index is 0.00840. The second kappa shape index (κ2) is 12.0. The summed E-state index contributed by atoms with van der Waals surface area (Å²) < 4.78 is 5.85. The monoisotopic (exact) mass is 499 g/mol. The highest BCUT2D eigenvalue weighted by Crippen LogP contribution is 2.31. The normalized spacial score (nSPS) is 13.7. The number of benzene rings is 2. The standard InChI is InChI=1S/C24H29N5O3S2/c1-24(2,14-25-23(34)28-17-8-6-16(7-9-17)26-15-33)27-12-18(30)13-32-21-5-3-4-20-19(21)10-11-22(31)29-20/h3-9,18,27,30H,10-14H2,1-2H3,(H,29,31)(H2,25,28,34). The van der Waals surface area contributed by atoms with Gasteiger partial charge in [-0.2, -0.15) is 4.99 Å². The number of aliphatic hydroxyl groups excluding tert-OH is 1. The summed E-state index contributed by atoms with van der Waals surface area (Å²) in [4.78, 5) is 15.5. The van der Waals surface area contributed by atoms with E-state index < -0.39 is 6.10 Å². The average molecular weight is 500 g/mol. The Labute approximate surface area is 210 Å². The number of ether oxygens (including phenoxy) is 1. The Morgan fingerprint density at radius 3 is 2.76 bits per heavy atom. The molecule has 1 aliphatic rings. The number of carbonyl (C=O) groups is 1. The highest BCUT2D eigenvalue weighted by Gasteiger charge is 2.21. The van der Waals surface area contributed by atoms with Crippen LogP contribution in [0.3, 0.4) is 0 Å². The molecule has 0 fully saturated rings. The summed E-state index contributed by atoms with van der Waals surface area (Å²) in [6.07, 6.45) is 0.360. The number of amides is 1. The van der Waals surface area contributed by atoms with Gasteiger partial charge in [-0.15, -0.1) is 0 Å². The number of nitrogens with one attached hydrogen (secondary N) is 4. The third-order valence-corrected chi connectivity index (χ3v) is 5.59. The first kappa shape index (κ1) is 25.7. The van der Waals surface area contributed by atoms with Crippen molar-refractivity contribution in [1.82, 2.24) is 10.6 Å². The highest BCUT2D eigenvalue weighted by molar-refractivity contribution is 7.80. The summed E-state index contributed by atoms with van der Waals surface area (Å²) in [5.41, 5.74) is 2.97. The zero-order chi connectivity index (χ0) is 24.6. The molecule has 1 unspecified atom stereocenters. The van der Waals surface area contributed by atoms with Crippen molar-refractivity contribution in [2.24, 2.45) is 4.99 Å². The fourth-order valence-electron chi connectivity index (χ4n) is 3.38. The van der Waals surface area contributed by atoms with Gasteiger partial charge in [0, 0.05) is 42.0 Å². The van der Waals surface area contributed by atoms with E-state index in [1.54, 1.807) is 0 Å². The largest absolute Gasteiger partial charge is 0.490 e. The molecular formula is C24H29N5O3S2. The van der Waals surface area contributed by atoms with Crippen molar-refractivity contribution >= 4 is 57.7 Å². The lowest BCUT2D eigenvalue weighted by Crippen LogP contribution is -2.52. The molecule has 10 heteroatoms. The van der Waals surface area contributed by atoms with E-state index in [4.69, 9.17) is 17.0 Å². The van der Waals surface area contributed by atoms with E-state index in [0.717, 1.165) is 22.6 Å². The van der Waals surface area contributed by atoms with Crippen LogP contribution in [0.1, 0.15) is 25.8 Å². The molecule has 0 saturated carbocycles. The second-order valence-corrected chi connectivity index (χ2v) is 9.21. The smallest absolute Gasteiger partial charge is 0.224 e. The molecule has 1 amide bonds. The van der Waals surface area contributed by atoms with Crippen LogP contribution in [-0.4, -0.2) is 52.6 Å². The SMILES string of the molecule is CC(C)(CNC(=S)Nc1ccc(N=C=S)cc1)NCC(O)COc1cccc2c1CCC(=O)N2. The van der Waals surface area contributed by atoms with Gasteiger partial charge in [0.1, 0.15) is 18.5 Å². The topological polar surface area (TPSA) is 107 Å². The molecule has 3 rings (SSSR count). The van der Waals surface area contributed by atoms with Crippen LogP contribution in [0.5, 0.6) is 5.75 Å². The molecule has 8 nitrogen and oxygen atoms in total. The van der Waals surface area contributed by atoms with Crippen molar-refractivity contribution in [3.05, 3.63) is 48.0 Å². The number of hydrogen-bond donors (Lipinski definition) is 5. The molecule has 1 heterocycles. The van der Waals surface area contributed by atoms with Crippen LogP contribution in [0.15, 0.2) is 47.5 Å². The molecule has 180 valence electrons. The van der Waals surface area contributed by atoms with Crippen LogP contribution in [0.4, 0.5) is 17.1 Å². The predicted molar refractivity (Wildman–Crippen MR) is 142 cm³/mol. The lowest BCUT2D eigenvalue weighted by Gasteiger charge is -2.29. The molecule has 2 aromatic carbocycles. The van der Waals surface area contributed by atoms with E-state index in [-0.39, 0.29) is 18.1 Å². The van der Waals surface area contributed by atoms with E-state index in [1.807, 2.05) is 56.3 Å². The van der Waals surface area contributed by atoms with Gasteiger partial charge in [-0.1, -0.05) is 6.07 Å². The van der Waals surface area contributed by atoms with Crippen LogP contribution < -0.4 is 26.0 Å². The van der Waals surface area contributed by atoms with Crippen molar-refractivity contribution in [2.45, 2.75) is 38.3 Å². The number of fused-ring (bicyclic) bond motifs is 1. The number of nitrogens with zero attached hydrogens (tertiary/aromatic N) is 1. The lowest BCUT2D eigenvalue weighted by atomic mass is 10.0. The van der Waals surface area contributed by atoms with E-state index in [1.165, 1.54) is 0 Å². The minimum Gasteiger partial charge on any atom is -0.490 e. The number of rotatable bonds is 10. The quantitative estimate of drug-likeness (QED) is 0.250. The van der Waals surface area contributed by atoms with Gasteiger partial charge in [-0.25, -0.2) is 0 Å². The summed E-state index contributed by atoms with van der Waals surface area (Å²) in [6, 6.07) is 12.9. The molecular weight excluding hydrogens is 470 g/mol. The number of aliphatic hydroxyl groups is 1. The molecule has 0 saturated heterocycles. The number of β-amino-alcohol motifs (C(OH)–C–C–N with tert-alkyl or cyclic N) is 1. The zero-order valence-electron chi connectivity index (χ0n) is 19.2. The third kappa shape index (κ3) is 7.86. The lowest BCUT2D eigenvalue weighted by molar-refractivity contribution is -0.116. The van der Waals surface area contributed by atoms with Crippen LogP contribution in [0, 0.1) is 0 Å². The fraction of sp³-hybridized carbons (Fsp3) is 0.375. The van der Waals surface area contributed by atoms with Crippen molar-refractivity contribution < 1.29 is 14.6 Å². The van der Waals surface area contributed by atoms with Gasteiger partial charge < -0.3 is 31.1 Å². The van der Waals surface area contributed by atoms with E-state index in [9.17, 15) is 9.90 Å². The Bertz CT molecular complexity index is 1070. The number of hydrogen-bond acceptors (Lipinski definition) is 7. The third-order valence-electron chi connectivity index (χ3n) is 5.25. The van der Waals surface area contributed by atoms with Gasteiger partial charge in [0.2, 0.25) is 5.91 Å². The van der Waals surface area contributed by atoms with Crippen molar-refractivity contribution in [2.75, 3.05) is 30.3 Å². The Balaban J connectivity index is 1.40. The Morgan fingerprint density at radius 2 is 2.03 bits per heavy atom. The molecule has 0 spiro atoms. The number of thiocarbonyl (C=S) groups is 2. The van der Waals surface area contributed by atoms with Gasteiger partial charge in [0.05, 0.1) is 10.8 Å². The second-order valence-electron chi connectivity index (χ2n) is 8.62. The van der Waals surface area contributed by atoms with Crippen LogP contribution in [0.25, 0.3) is 0 Å². The van der Waals surface area contributed by atoms with Crippen LogP contribution in [-0.2, 0) is 11.2 Å². The zero-order valence-corrected chi connectivity index (χ0v) is 20.8. The first-order chi connectivity index (χ1) is 16.3. The first-order valence-electron chi connectivity index (χ1n) is 11.0. The molecule has 5 N–H and O–H groups in total. The maximum absolute atomic E-state index is 11.6. The summed E-state index contributed by atoms with van der Waals surface area (Å²) in [6.45, 7) is 5.08. The number of carbonyl (C=O) groups excluding carboxylic acids is 1. The van der Waals surface area contributed by atoms with Gasteiger partial charge in [-0.3, -0.25) is 4.79 Å². The number of anilines is 2. The summed E-state index contributed by atoms with van der Waals surface area (Å²) >= 11 is 9.98. The average Bonchev–Trinajstić information content (AvgIpc) is 2.81. The van der Waals surface area contributed by atoms with Crippen molar-refractivity contribution in [1.29, 1.82) is 0 Å². The van der Waals surface area contributed by atoms with Gasteiger partial charge in [0.15, 0.2) is 5.11 Å². The fourth-order valence-corrected chi connectivity index (χ4v) is 3.67. The highest BCUT2D eigenvalue weighted by atomic mass is 32.1. The maximum Gasteiger partial charge on any atom is 0.224 e. The van der Waals surface area contributed by atoms with Crippen LogP contribution in [0.2, 0.25) is 0 Å². The van der Waals surface area contributed by atoms with Gasteiger partial charge >= 0.3 is 0 Å².